The number of anilines is 1. The molecule has 1 amide bonds. The number of hydrogen-bond donors (Lipinski definition) is 2. The van der Waals surface area contributed by atoms with Crippen LogP contribution in [0.4, 0.5) is 5.69 Å². The van der Waals surface area contributed by atoms with E-state index >= 15 is 0 Å². The molecule has 158 valence electrons. The number of carbonyl (C=O) groups is 1. The average Bonchev–Trinajstić information content (AvgIpc) is 3.20. The van der Waals surface area contributed by atoms with Crippen molar-refractivity contribution in [1.82, 2.24) is 5.32 Å². The van der Waals surface area contributed by atoms with Gasteiger partial charge in [-0.2, -0.15) is 0 Å². The number of nitrogens with zero attached hydrogens (tertiary/aromatic N) is 1. The molecule has 0 saturated carbocycles. The minimum absolute atomic E-state index is 0.0627. The zero-order valence-corrected chi connectivity index (χ0v) is 18.5. The number of sulfone groups is 1. The van der Waals surface area contributed by atoms with Crippen LogP contribution in [-0.2, 0) is 16.4 Å². The molecule has 0 aliphatic carbocycles. The Morgan fingerprint density at radius 1 is 1.23 bits per heavy atom. The lowest BCUT2D eigenvalue weighted by molar-refractivity contribution is 0.0951. The molecule has 1 fully saturated rings. The van der Waals surface area contributed by atoms with Crippen LogP contribution in [0.1, 0.15) is 15.9 Å². The van der Waals surface area contributed by atoms with E-state index in [1.165, 1.54) is 11.8 Å². The van der Waals surface area contributed by atoms with E-state index in [1.807, 2.05) is 24.3 Å². The number of thioether (sulfide) groups is 1. The monoisotopic (exact) mass is 465 g/mol. The lowest BCUT2D eigenvalue weighted by atomic mass is 10.1. The molecule has 0 aromatic heterocycles. The Hall–Kier alpha value is -2.23. The van der Waals surface area contributed by atoms with Gasteiger partial charge in [-0.1, -0.05) is 35.5 Å². The summed E-state index contributed by atoms with van der Waals surface area (Å²) < 4.78 is 28.5. The molecular weight excluding hydrogens is 446 g/mol. The molecular formula is C20H20ClN3O4S2. The van der Waals surface area contributed by atoms with Gasteiger partial charge in [0.05, 0.1) is 35.4 Å². The number of fused-ring (bicyclic) bond motifs is 1. The number of halogens is 1. The molecule has 0 unspecified atom stereocenters. The Kier molecular flexibility index (Phi) is 5.95. The van der Waals surface area contributed by atoms with Crippen LogP contribution in [0.25, 0.3) is 0 Å². The zero-order valence-electron chi connectivity index (χ0n) is 16.1. The molecule has 7 nitrogen and oxygen atoms in total. The maximum atomic E-state index is 12.6. The molecule has 2 aromatic rings. The first-order valence-corrected chi connectivity index (χ1v) is 12.3. The summed E-state index contributed by atoms with van der Waals surface area (Å²) in [6.45, 7) is 0.384. The quantitative estimate of drug-likeness (QED) is 0.704. The number of amides is 1. The SMILES string of the molecule is COc1ccc(CNC(=O)c2ccc(Cl)c(NC3=N[C@H]4CS(=O)(=O)C[C@@H]4S3)c2)cc1. The van der Waals surface area contributed by atoms with Crippen molar-refractivity contribution >= 4 is 50.0 Å². The maximum absolute atomic E-state index is 12.6. The van der Waals surface area contributed by atoms with E-state index in [-0.39, 0.29) is 28.7 Å². The predicted octanol–water partition coefficient (Wildman–Crippen LogP) is 2.96. The van der Waals surface area contributed by atoms with Crippen molar-refractivity contribution in [2.45, 2.75) is 17.8 Å². The van der Waals surface area contributed by atoms with Gasteiger partial charge >= 0.3 is 0 Å². The van der Waals surface area contributed by atoms with Crippen molar-refractivity contribution < 1.29 is 17.9 Å². The van der Waals surface area contributed by atoms with Gasteiger partial charge in [0.1, 0.15) is 5.75 Å². The van der Waals surface area contributed by atoms with Gasteiger partial charge in [-0.05, 0) is 35.9 Å². The van der Waals surface area contributed by atoms with Gasteiger partial charge < -0.3 is 15.4 Å². The predicted molar refractivity (Wildman–Crippen MR) is 120 cm³/mol. The molecule has 0 bridgehead atoms. The van der Waals surface area contributed by atoms with Crippen LogP contribution in [0, 0.1) is 0 Å². The molecule has 0 radical (unpaired) electrons. The number of benzene rings is 2. The summed E-state index contributed by atoms with van der Waals surface area (Å²) in [5, 5.41) is 7.03. The van der Waals surface area contributed by atoms with Crippen LogP contribution in [0.2, 0.25) is 5.02 Å². The third-order valence-electron chi connectivity index (χ3n) is 4.90. The molecule has 2 aliphatic rings. The molecule has 2 aliphatic heterocycles. The standard InChI is InChI=1S/C20H20ClN3O4S2/c1-28-14-5-2-12(3-6-14)9-22-19(25)13-4-7-15(21)16(8-13)23-20-24-17-10-30(26,27)11-18(17)29-20/h2-8,17-18H,9-11H2,1H3,(H,22,25)(H,23,24)/t17-,18-/m0/s1. The molecule has 2 N–H and O–H groups in total. The summed E-state index contributed by atoms with van der Waals surface area (Å²) in [4.78, 5) is 17.0. The lowest BCUT2D eigenvalue weighted by Crippen LogP contribution is -2.23. The Morgan fingerprint density at radius 3 is 2.70 bits per heavy atom. The van der Waals surface area contributed by atoms with Gasteiger partial charge in [0, 0.05) is 17.4 Å². The van der Waals surface area contributed by atoms with E-state index < -0.39 is 9.84 Å². The van der Waals surface area contributed by atoms with E-state index in [0.29, 0.717) is 28.0 Å². The van der Waals surface area contributed by atoms with Gasteiger partial charge in [0.2, 0.25) is 0 Å². The summed E-state index contributed by atoms with van der Waals surface area (Å²) in [7, 11) is -1.40. The van der Waals surface area contributed by atoms with Gasteiger partial charge in [0.15, 0.2) is 15.0 Å². The molecule has 2 aromatic carbocycles. The first-order valence-electron chi connectivity index (χ1n) is 9.25. The van der Waals surface area contributed by atoms with Crippen LogP contribution < -0.4 is 15.4 Å². The number of aliphatic imine (C=N–C) groups is 1. The summed E-state index contributed by atoms with van der Waals surface area (Å²) >= 11 is 7.68. The number of rotatable bonds is 5. The Balaban J connectivity index is 1.41. The largest absolute Gasteiger partial charge is 0.497 e. The van der Waals surface area contributed by atoms with Crippen molar-refractivity contribution in [2.75, 3.05) is 23.9 Å². The van der Waals surface area contributed by atoms with Crippen molar-refractivity contribution in [3.8, 4) is 5.75 Å². The van der Waals surface area contributed by atoms with Crippen LogP contribution in [0.15, 0.2) is 47.5 Å². The highest BCUT2D eigenvalue weighted by Crippen LogP contribution is 2.35. The van der Waals surface area contributed by atoms with Crippen LogP contribution >= 0.6 is 23.4 Å². The number of carbonyl (C=O) groups excluding carboxylic acids is 1. The number of ether oxygens (including phenoxy) is 1. The van der Waals surface area contributed by atoms with E-state index in [4.69, 9.17) is 16.3 Å². The summed E-state index contributed by atoms with van der Waals surface area (Å²) in [5.74, 6) is 0.748. The van der Waals surface area contributed by atoms with Crippen LogP contribution in [0.5, 0.6) is 5.75 Å². The fourth-order valence-corrected chi connectivity index (χ4v) is 7.15. The topological polar surface area (TPSA) is 96.9 Å². The molecule has 2 atom stereocenters. The number of hydrogen-bond acceptors (Lipinski definition) is 7. The normalized spacial score (nSPS) is 21.6. The average molecular weight is 466 g/mol. The maximum Gasteiger partial charge on any atom is 0.251 e. The minimum Gasteiger partial charge on any atom is -0.497 e. The van der Waals surface area contributed by atoms with E-state index in [0.717, 1.165) is 11.3 Å². The second-order valence-corrected chi connectivity index (χ2v) is 10.9. The van der Waals surface area contributed by atoms with Crippen molar-refractivity contribution in [3.05, 3.63) is 58.6 Å². The Morgan fingerprint density at radius 2 is 2.00 bits per heavy atom. The van der Waals surface area contributed by atoms with Crippen molar-refractivity contribution in [2.24, 2.45) is 4.99 Å². The first-order chi connectivity index (χ1) is 14.3. The number of amidine groups is 1. The van der Waals surface area contributed by atoms with Crippen LogP contribution in [-0.4, -0.2) is 49.4 Å². The van der Waals surface area contributed by atoms with Crippen molar-refractivity contribution in [1.29, 1.82) is 0 Å². The molecule has 4 rings (SSSR count). The lowest BCUT2D eigenvalue weighted by Gasteiger charge is -2.11. The van der Waals surface area contributed by atoms with Gasteiger partial charge in [0.25, 0.3) is 5.91 Å². The summed E-state index contributed by atoms with van der Waals surface area (Å²) in [6.07, 6.45) is 0. The van der Waals surface area contributed by atoms with Gasteiger partial charge in [-0.25, -0.2) is 8.42 Å². The van der Waals surface area contributed by atoms with Gasteiger partial charge in [-0.15, -0.1) is 0 Å². The second kappa shape index (κ2) is 8.49. The van der Waals surface area contributed by atoms with E-state index in [2.05, 4.69) is 15.6 Å². The van der Waals surface area contributed by atoms with E-state index in [1.54, 1.807) is 25.3 Å². The molecule has 2 heterocycles. The third-order valence-corrected chi connectivity index (χ3v) is 8.37. The smallest absolute Gasteiger partial charge is 0.251 e. The zero-order chi connectivity index (χ0) is 21.3. The highest BCUT2D eigenvalue weighted by molar-refractivity contribution is 8.15. The van der Waals surface area contributed by atoms with E-state index in [9.17, 15) is 13.2 Å². The highest BCUT2D eigenvalue weighted by atomic mass is 35.5. The third kappa shape index (κ3) is 4.74. The summed E-state index contributed by atoms with van der Waals surface area (Å²) in [6, 6.07) is 12.2. The number of nitrogens with one attached hydrogen (secondary N) is 2. The Bertz CT molecular complexity index is 1100. The molecule has 0 spiro atoms. The van der Waals surface area contributed by atoms with Crippen molar-refractivity contribution in [3.63, 3.8) is 0 Å². The molecule has 1 saturated heterocycles. The minimum atomic E-state index is -3.00. The Labute approximate surface area is 184 Å². The first kappa shape index (κ1) is 21.0. The second-order valence-electron chi connectivity index (χ2n) is 7.09. The molecule has 10 heteroatoms. The molecule has 30 heavy (non-hydrogen) atoms. The highest BCUT2D eigenvalue weighted by Gasteiger charge is 2.42. The summed E-state index contributed by atoms with van der Waals surface area (Å²) in [5.41, 5.74) is 1.97. The number of methoxy groups -OCH3 is 1. The fraction of sp³-hybridized carbons (Fsp3) is 0.300. The van der Waals surface area contributed by atoms with Crippen LogP contribution in [0.3, 0.4) is 0 Å². The fourth-order valence-electron chi connectivity index (χ4n) is 3.32. The van der Waals surface area contributed by atoms with Gasteiger partial charge in [-0.3, -0.25) is 9.79 Å².